The SMILES string of the molecule is Oc1ccc2cc(Br)ccc2c1/C=N/n1cnnc1. The average molecular weight is 317 g/mol. The van der Waals surface area contributed by atoms with Gasteiger partial charge in [-0.3, -0.25) is 0 Å². The molecule has 3 aromatic rings. The Morgan fingerprint density at radius 3 is 2.74 bits per heavy atom. The van der Waals surface area contributed by atoms with Crippen molar-refractivity contribution < 1.29 is 5.11 Å². The third kappa shape index (κ3) is 2.34. The van der Waals surface area contributed by atoms with Gasteiger partial charge in [0.25, 0.3) is 0 Å². The molecule has 0 atom stereocenters. The predicted molar refractivity (Wildman–Crippen MR) is 76.3 cm³/mol. The lowest BCUT2D eigenvalue weighted by molar-refractivity contribution is 0.475. The van der Waals surface area contributed by atoms with Crippen LogP contribution in [0.4, 0.5) is 0 Å². The first kappa shape index (κ1) is 11.9. The van der Waals surface area contributed by atoms with Crippen molar-refractivity contribution in [3.05, 3.63) is 53.0 Å². The highest BCUT2D eigenvalue weighted by molar-refractivity contribution is 9.10. The van der Waals surface area contributed by atoms with Crippen LogP contribution in [0.1, 0.15) is 5.56 Å². The molecular weight excluding hydrogens is 308 g/mol. The summed E-state index contributed by atoms with van der Waals surface area (Å²) in [4.78, 5) is 0. The molecule has 1 N–H and O–H groups in total. The van der Waals surface area contributed by atoms with Crippen molar-refractivity contribution in [1.82, 2.24) is 14.9 Å². The van der Waals surface area contributed by atoms with E-state index < -0.39 is 0 Å². The van der Waals surface area contributed by atoms with Gasteiger partial charge in [-0.15, -0.1) is 10.2 Å². The van der Waals surface area contributed by atoms with E-state index in [1.54, 1.807) is 12.3 Å². The fraction of sp³-hybridized carbons (Fsp3) is 0. The Kier molecular flexibility index (Phi) is 3.00. The van der Waals surface area contributed by atoms with Crippen LogP contribution in [-0.2, 0) is 0 Å². The molecule has 0 bridgehead atoms. The summed E-state index contributed by atoms with van der Waals surface area (Å²) >= 11 is 3.43. The molecule has 1 heterocycles. The van der Waals surface area contributed by atoms with Gasteiger partial charge >= 0.3 is 0 Å². The van der Waals surface area contributed by atoms with E-state index in [1.807, 2.05) is 24.3 Å². The van der Waals surface area contributed by atoms with Crippen molar-refractivity contribution >= 4 is 32.9 Å². The van der Waals surface area contributed by atoms with Gasteiger partial charge in [0.1, 0.15) is 18.4 Å². The Morgan fingerprint density at radius 1 is 1.16 bits per heavy atom. The van der Waals surface area contributed by atoms with Gasteiger partial charge in [0.05, 0.1) is 6.21 Å². The van der Waals surface area contributed by atoms with Crippen LogP contribution in [0, 0.1) is 0 Å². The molecular formula is C13H9BrN4O. The smallest absolute Gasteiger partial charge is 0.141 e. The van der Waals surface area contributed by atoms with Crippen molar-refractivity contribution in [2.45, 2.75) is 0 Å². The summed E-state index contributed by atoms with van der Waals surface area (Å²) in [5.74, 6) is 0.187. The Bertz CT molecular complexity index is 753. The summed E-state index contributed by atoms with van der Waals surface area (Å²) < 4.78 is 2.46. The summed E-state index contributed by atoms with van der Waals surface area (Å²) in [5, 5.41) is 23.4. The summed E-state index contributed by atoms with van der Waals surface area (Å²) in [6, 6.07) is 9.38. The number of nitrogens with zero attached hydrogens (tertiary/aromatic N) is 4. The van der Waals surface area contributed by atoms with E-state index in [0.717, 1.165) is 15.2 Å². The predicted octanol–water partition coefficient (Wildman–Crippen LogP) is 2.78. The van der Waals surface area contributed by atoms with Crippen molar-refractivity contribution in [2.24, 2.45) is 5.10 Å². The van der Waals surface area contributed by atoms with Gasteiger partial charge in [0.15, 0.2) is 0 Å². The third-order valence-corrected chi connectivity index (χ3v) is 3.22. The first-order valence-corrected chi connectivity index (χ1v) is 6.33. The van der Waals surface area contributed by atoms with Gasteiger partial charge < -0.3 is 5.11 Å². The first-order valence-electron chi connectivity index (χ1n) is 5.54. The van der Waals surface area contributed by atoms with E-state index in [1.165, 1.54) is 17.3 Å². The van der Waals surface area contributed by atoms with Crippen LogP contribution in [0.5, 0.6) is 5.75 Å². The lowest BCUT2D eigenvalue weighted by Crippen LogP contribution is -1.90. The second kappa shape index (κ2) is 4.81. The monoisotopic (exact) mass is 316 g/mol. The first-order chi connectivity index (χ1) is 9.24. The van der Waals surface area contributed by atoms with Crippen LogP contribution >= 0.6 is 15.9 Å². The standard InChI is InChI=1S/C13H9BrN4O/c14-10-2-3-11-9(5-10)1-4-13(19)12(11)6-17-18-7-15-16-8-18/h1-8,19H/b17-6+. The van der Waals surface area contributed by atoms with E-state index >= 15 is 0 Å². The molecule has 3 rings (SSSR count). The number of aromatic nitrogens is 3. The number of hydrogen-bond acceptors (Lipinski definition) is 4. The molecule has 0 unspecified atom stereocenters. The van der Waals surface area contributed by atoms with Crippen LogP contribution in [0.2, 0.25) is 0 Å². The van der Waals surface area contributed by atoms with Crippen LogP contribution in [0.15, 0.2) is 52.6 Å². The summed E-state index contributed by atoms with van der Waals surface area (Å²) in [6.45, 7) is 0. The minimum atomic E-state index is 0.187. The normalized spacial score (nSPS) is 11.4. The molecule has 5 nitrogen and oxygen atoms in total. The zero-order valence-corrected chi connectivity index (χ0v) is 11.3. The van der Waals surface area contributed by atoms with Crippen molar-refractivity contribution in [1.29, 1.82) is 0 Å². The van der Waals surface area contributed by atoms with Gasteiger partial charge in [0.2, 0.25) is 0 Å². The molecule has 19 heavy (non-hydrogen) atoms. The summed E-state index contributed by atoms with van der Waals surface area (Å²) in [6.07, 6.45) is 4.56. The average Bonchev–Trinajstić information content (AvgIpc) is 2.91. The highest BCUT2D eigenvalue weighted by Crippen LogP contribution is 2.27. The second-order valence-corrected chi connectivity index (χ2v) is 4.87. The molecule has 0 radical (unpaired) electrons. The number of fused-ring (bicyclic) bond motifs is 1. The van der Waals surface area contributed by atoms with Crippen LogP contribution in [0.25, 0.3) is 10.8 Å². The van der Waals surface area contributed by atoms with E-state index in [9.17, 15) is 5.11 Å². The molecule has 0 amide bonds. The Labute approximate surface area is 117 Å². The van der Waals surface area contributed by atoms with Gasteiger partial charge in [-0.1, -0.05) is 28.1 Å². The maximum absolute atomic E-state index is 9.96. The molecule has 0 aliphatic heterocycles. The van der Waals surface area contributed by atoms with E-state index in [2.05, 4.69) is 31.2 Å². The van der Waals surface area contributed by atoms with Crippen LogP contribution in [0.3, 0.4) is 0 Å². The highest BCUT2D eigenvalue weighted by Gasteiger charge is 2.05. The van der Waals surface area contributed by atoms with E-state index in [4.69, 9.17) is 0 Å². The fourth-order valence-electron chi connectivity index (χ4n) is 1.83. The summed E-state index contributed by atoms with van der Waals surface area (Å²) in [5.41, 5.74) is 0.665. The topological polar surface area (TPSA) is 63.3 Å². The molecule has 94 valence electrons. The zero-order valence-electron chi connectivity index (χ0n) is 9.73. The molecule has 0 fully saturated rings. The number of hydrogen-bond donors (Lipinski definition) is 1. The van der Waals surface area contributed by atoms with Gasteiger partial charge in [-0.2, -0.15) is 5.10 Å². The molecule has 1 aromatic heterocycles. The quantitative estimate of drug-likeness (QED) is 0.739. The number of benzene rings is 2. The highest BCUT2D eigenvalue weighted by atomic mass is 79.9. The minimum absolute atomic E-state index is 0.187. The molecule has 0 saturated heterocycles. The van der Waals surface area contributed by atoms with Gasteiger partial charge in [-0.25, -0.2) is 4.68 Å². The summed E-state index contributed by atoms with van der Waals surface area (Å²) in [7, 11) is 0. The van der Waals surface area contributed by atoms with Crippen molar-refractivity contribution in [3.8, 4) is 5.75 Å². The van der Waals surface area contributed by atoms with Gasteiger partial charge in [0, 0.05) is 10.0 Å². The zero-order chi connectivity index (χ0) is 13.2. The lowest BCUT2D eigenvalue weighted by Gasteiger charge is -2.05. The number of aromatic hydroxyl groups is 1. The number of rotatable bonds is 2. The number of halogens is 1. The lowest BCUT2D eigenvalue weighted by atomic mass is 10.0. The Morgan fingerprint density at radius 2 is 1.95 bits per heavy atom. The molecule has 0 aliphatic rings. The maximum atomic E-state index is 9.96. The van der Waals surface area contributed by atoms with Gasteiger partial charge in [-0.05, 0) is 29.0 Å². The van der Waals surface area contributed by atoms with Crippen LogP contribution in [-0.4, -0.2) is 26.2 Å². The molecule has 0 saturated carbocycles. The largest absolute Gasteiger partial charge is 0.507 e. The molecule has 2 aromatic carbocycles. The van der Waals surface area contributed by atoms with Crippen molar-refractivity contribution in [3.63, 3.8) is 0 Å². The molecule has 0 spiro atoms. The molecule has 0 aliphatic carbocycles. The molecule has 6 heteroatoms. The fourth-order valence-corrected chi connectivity index (χ4v) is 2.21. The number of phenolic OH excluding ortho intramolecular Hbond substituents is 1. The Balaban J connectivity index is 2.14. The van der Waals surface area contributed by atoms with Crippen LogP contribution < -0.4 is 0 Å². The maximum Gasteiger partial charge on any atom is 0.141 e. The van der Waals surface area contributed by atoms with E-state index in [-0.39, 0.29) is 5.75 Å². The minimum Gasteiger partial charge on any atom is -0.507 e. The third-order valence-electron chi connectivity index (χ3n) is 2.73. The Hall–Kier alpha value is -2.21. The number of phenols is 1. The van der Waals surface area contributed by atoms with Crippen molar-refractivity contribution in [2.75, 3.05) is 0 Å². The second-order valence-electron chi connectivity index (χ2n) is 3.95. The van der Waals surface area contributed by atoms with E-state index in [0.29, 0.717) is 5.56 Å².